The first-order chi connectivity index (χ1) is 13.2. The Bertz CT molecular complexity index is 692. The van der Waals surface area contributed by atoms with Crippen molar-refractivity contribution in [3.63, 3.8) is 0 Å². The van der Waals surface area contributed by atoms with Gasteiger partial charge in [-0.05, 0) is 24.8 Å². The number of alkyl halides is 3. The van der Waals surface area contributed by atoms with Crippen molar-refractivity contribution in [1.29, 1.82) is 0 Å². The molecule has 28 heavy (non-hydrogen) atoms. The predicted octanol–water partition coefficient (Wildman–Crippen LogP) is 3.57. The minimum absolute atomic E-state index is 0.00713. The van der Waals surface area contributed by atoms with Crippen LogP contribution in [0, 0.1) is 5.92 Å². The highest BCUT2D eigenvalue weighted by Gasteiger charge is 2.32. The molecule has 2 aliphatic rings. The van der Waals surface area contributed by atoms with Gasteiger partial charge in [0.2, 0.25) is 5.91 Å². The third kappa shape index (κ3) is 5.29. The molecule has 0 spiro atoms. The second-order valence-corrected chi connectivity index (χ2v) is 8.13. The number of hydrogen-bond donors (Lipinski definition) is 1. The Morgan fingerprint density at radius 3 is 2.54 bits per heavy atom. The van der Waals surface area contributed by atoms with Crippen molar-refractivity contribution in [1.82, 2.24) is 15.2 Å². The smallest absolute Gasteiger partial charge is 0.353 e. The van der Waals surface area contributed by atoms with Crippen LogP contribution in [0.3, 0.4) is 0 Å². The van der Waals surface area contributed by atoms with Gasteiger partial charge in [0.15, 0.2) is 0 Å². The molecule has 0 bridgehead atoms. The molecule has 1 aliphatic heterocycles. The summed E-state index contributed by atoms with van der Waals surface area (Å²) in [6, 6.07) is 1.17. The van der Waals surface area contributed by atoms with Crippen LogP contribution in [0.15, 0.2) is 12.3 Å². The molecule has 1 amide bonds. The summed E-state index contributed by atoms with van der Waals surface area (Å²) in [5.74, 6) is 0.912. The molecule has 2 fully saturated rings. The Morgan fingerprint density at radius 1 is 1.25 bits per heavy atom. The lowest BCUT2D eigenvalue weighted by Gasteiger charge is -2.36. The summed E-state index contributed by atoms with van der Waals surface area (Å²) in [6.45, 7) is 4.91. The molecule has 1 aliphatic carbocycles. The number of piperazine rings is 1. The molecule has 2 heterocycles. The van der Waals surface area contributed by atoms with Crippen LogP contribution in [-0.2, 0) is 11.0 Å². The van der Waals surface area contributed by atoms with Crippen molar-refractivity contribution in [2.24, 2.45) is 5.92 Å². The second kappa shape index (κ2) is 8.86. The zero-order chi connectivity index (χ0) is 20.3. The van der Waals surface area contributed by atoms with Crippen LogP contribution in [0.4, 0.5) is 19.0 Å². The van der Waals surface area contributed by atoms with E-state index in [2.05, 4.69) is 22.1 Å². The fraction of sp³-hybridized carbons (Fsp3) is 0.684. The summed E-state index contributed by atoms with van der Waals surface area (Å²) in [7, 11) is 0. The molecule has 9 heteroatoms. The van der Waals surface area contributed by atoms with Crippen LogP contribution < -0.4 is 10.2 Å². The molecule has 3 rings (SSSR count). The van der Waals surface area contributed by atoms with Gasteiger partial charge in [0, 0.05) is 38.4 Å². The van der Waals surface area contributed by atoms with E-state index < -0.39 is 11.7 Å². The molecule has 1 aromatic heterocycles. The summed E-state index contributed by atoms with van der Waals surface area (Å²) in [5.41, 5.74) is -0.853. The number of nitrogens with one attached hydrogen (secondary N) is 1. The normalized spacial score (nSPS) is 24.2. The van der Waals surface area contributed by atoms with Gasteiger partial charge in [0.25, 0.3) is 0 Å². The monoisotopic (exact) mass is 418 g/mol. The highest BCUT2D eigenvalue weighted by molar-refractivity contribution is 6.33. The van der Waals surface area contributed by atoms with Gasteiger partial charge >= 0.3 is 6.18 Å². The van der Waals surface area contributed by atoms with Crippen LogP contribution in [0.2, 0.25) is 5.02 Å². The number of nitrogens with zero attached hydrogens (tertiary/aromatic N) is 3. The van der Waals surface area contributed by atoms with E-state index in [0.717, 1.165) is 31.5 Å². The standard InChI is InChI=1S/C19H26ClF3N4O/c1-13-4-2-3-5-16(13)25-17(28)12-26-6-8-27(9-7-26)18-15(20)10-14(11-24-18)19(21,22)23/h10-11,13,16H,2-9,12H2,1H3,(H,25,28)/t13-,16+/m1/s1. The maximum absolute atomic E-state index is 12.7. The first kappa shape index (κ1) is 21.2. The average molecular weight is 419 g/mol. The minimum atomic E-state index is -4.46. The van der Waals surface area contributed by atoms with Crippen molar-refractivity contribution in [2.75, 3.05) is 37.6 Å². The van der Waals surface area contributed by atoms with Crippen molar-refractivity contribution >= 4 is 23.3 Å². The van der Waals surface area contributed by atoms with E-state index in [-0.39, 0.29) is 17.0 Å². The van der Waals surface area contributed by atoms with Gasteiger partial charge < -0.3 is 10.2 Å². The first-order valence-corrected chi connectivity index (χ1v) is 10.1. The Morgan fingerprint density at radius 2 is 1.93 bits per heavy atom. The second-order valence-electron chi connectivity index (χ2n) is 7.73. The molecule has 0 unspecified atom stereocenters. The van der Waals surface area contributed by atoms with Gasteiger partial charge in [-0.2, -0.15) is 13.2 Å². The Labute approximate surface area is 168 Å². The largest absolute Gasteiger partial charge is 0.417 e. The van der Waals surface area contributed by atoms with Crippen LogP contribution in [-0.4, -0.2) is 54.6 Å². The van der Waals surface area contributed by atoms with Gasteiger partial charge in [0.05, 0.1) is 17.1 Å². The van der Waals surface area contributed by atoms with Crippen LogP contribution in [0.5, 0.6) is 0 Å². The van der Waals surface area contributed by atoms with Crippen LogP contribution in [0.25, 0.3) is 0 Å². The lowest BCUT2D eigenvalue weighted by Crippen LogP contribution is -2.51. The number of hydrogen-bond acceptors (Lipinski definition) is 4. The summed E-state index contributed by atoms with van der Waals surface area (Å²) < 4.78 is 38.2. The topological polar surface area (TPSA) is 48.5 Å². The number of aromatic nitrogens is 1. The van der Waals surface area contributed by atoms with Gasteiger partial charge in [0.1, 0.15) is 5.82 Å². The molecule has 0 radical (unpaired) electrons. The van der Waals surface area contributed by atoms with Crippen LogP contribution in [0.1, 0.15) is 38.2 Å². The van der Waals surface area contributed by atoms with Gasteiger partial charge in [-0.25, -0.2) is 4.98 Å². The van der Waals surface area contributed by atoms with E-state index in [1.165, 1.54) is 6.42 Å². The molecule has 1 aromatic rings. The lowest BCUT2D eigenvalue weighted by molar-refractivity contribution is -0.137. The van der Waals surface area contributed by atoms with Crippen molar-refractivity contribution in [3.8, 4) is 0 Å². The van der Waals surface area contributed by atoms with Crippen molar-refractivity contribution in [3.05, 3.63) is 22.8 Å². The van der Waals surface area contributed by atoms with E-state index in [4.69, 9.17) is 11.6 Å². The van der Waals surface area contributed by atoms with Crippen LogP contribution >= 0.6 is 11.6 Å². The Hall–Kier alpha value is -1.54. The molecule has 1 saturated carbocycles. The fourth-order valence-electron chi connectivity index (χ4n) is 3.92. The molecular weight excluding hydrogens is 393 g/mol. The number of pyridine rings is 1. The SMILES string of the molecule is C[C@@H]1CCCC[C@@H]1NC(=O)CN1CCN(c2ncc(C(F)(F)F)cc2Cl)CC1. The molecule has 156 valence electrons. The minimum Gasteiger partial charge on any atom is -0.353 e. The molecule has 5 nitrogen and oxygen atoms in total. The number of halogens is 4. The highest BCUT2D eigenvalue weighted by atomic mass is 35.5. The highest BCUT2D eigenvalue weighted by Crippen LogP contribution is 2.33. The maximum atomic E-state index is 12.7. The predicted molar refractivity (Wildman–Crippen MR) is 102 cm³/mol. The van der Waals surface area contributed by atoms with E-state index in [9.17, 15) is 18.0 Å². The number of anilines is 1. The van der Waals surface area contributed by atoms with Gasteiger partial charge in [-0.3, -0.25) is 9.69 Å². The lowest BCUT2D eigenvalue weighted by atomic mass is 9.86. The fourth-order valence-corrected chi connectivity index (χ4v) is 4.21. The Balaban J connectivity index is 1.50. The van der Waals surface area contributed by atoms with E-state index in [0.29, 0.717) is 44.5 Å². The molecular formula is C19H26ClF3N4O. The molecule has 1 saturated heterocycles. The van der Waals surface area contributed by atoms with Gasteiger partial charge in [-0.15, -0.1) is 0 Å². The molecule has 1 N–H and O–H groups in total. The average Bonchev–Trinajstić information content (AvgIpc) is 2.63. The number of rotatable bonds is 4. The summed E-state index contributed by atoms with van der Waals surface area (Å²) >= 11 is 6.03. The van der Waals surface area contributed by atoms with E-state index >= 15 is 0 Å². The van der Waals surface area contributed by atoms with Crippen molar-refractivity contribution < 1.29 is 18.0 Å². The number of carbonyl (C=O) groups excluding carboxylic acids is 1. The first-order valence-electron chi connectivity index (χ1n) is 9.73. The van der Waals surface area contributed by atoms with E-state index in [1.54, 1.807) is 0 Å². The summed E-state index contributed by atoms with van der Waals surface area (Å²) in [6.07, 6.45) is 0.942. The quantitative estimate of drug-likeness (QED) is 0.812. The zero-order valence-electron chi connectivity index (χ0n) is 15.9. The van der Waals surface area contributed by atoms with E-state index in [1.807, 2.05) is 4.90 Å². The summed E-state index contributed by atoms with van der Waals surface area (Å²) in [4.78, 5) is 20.2. The zero-order valence-corrected chi connectivity index (χ0v) is 16.7. The number of amides is 1. The third-order valence-electron chi connectivity index (χ3n) is 5.65. The number of carbonyl (C=O) groups is 1. The van der Waals surface area contributed by atoms with Gasteiger partial charge in [-0.1, -0.05) is 31.4 Å². The molecule has 2 atom stereocenters. The summed E-state index contributed by atoms with van der Waals surface area (Å²) in [5, 5.41) is 3.15. The third-order valence-corrected chi connectivity index (χ3v) is 5.92. The van der Waals surface area contributed by atoms with Crippen molar-refractivity contribution in [2.45, 2.75) is 44.8 Å². The Kier molecular flexibility index (Phi) is 6.70. The maximum Gasteiger partial charge on any atom is 0.417 e. The molecule has 0 aromatic carbocycles.